The number of hydrogen-bond donors (Lipinski definition) is 1. The minimum absolute atomic E-state index is 0.133. The molecule has 0 fully saturated rings. The summed E-state index contributed by atoms with van der Waals surface area (Å²) in [7, 11) is 0. The van der Waals surface area contributed by atoms with Gasteiger partial charge in [0.15, 0.2) is 5.78 Å². The third-order valence-electron chi connectivity index (χ3n) is 2.68. The van der Waals surface area contributed by atoms with Gasteiger partial charge in [-0.3, -0.25) is 4.79 Å². The van der Waals surface area contributed by atoms with Gasteiger partial charge in [0.05, 0.1) is 0 Å². The van der Waals surface area contributed by atoms with Crippen LogP contribution < -0.4 is 4.74 Å². The zero-order valence-corrected chi connectivity index (χ0v) is 10.0. The van der Waals surface area contributed by atoms with Crippen LogP contribution in [0.4, 0.5) is 0 Å². The highest BCUT2D eigenvalue weighted by Crippen LogP contribution is 2.29. The molecule has 5 heteroatoms. The summed E-state index contributed by atoms with van der Waals surface area (Å²) in [6, 6.07) is 5.22. The van der Waals surface area contributed by atoms with Gasteiger partial charge < -0.3 is 14.6 Å². The lowest BCUT2D eigenvalue weighted by molar-refractivity contribution is -0.141. The number of carboxylic acid groups (broad SMARTS) is 1. The van der Waals surface area contributed by atoms with E-state index in [2.05, 4.69) is 0 Å². The van der Waals surface area contributed by atoms with Crippen LogP contribution in [0.15, 0.2) is 18.2 Å². The Morgan fingerprint density at radius 3 is 2.94 bits per heavy atom. The smallest absolute Gasteiger partial charge is 0.329 e. The van der Waals surface area contributed by atoms with Gasteiger partial charge in [0.25, 0.3) is 0 Å². The summed E-state index contributed by atoms with van der Waals surface area (Å²) >= 11 is 0. The summed E-state index contributed by atoms with van der Waals surface area (Å²) < 4.78 is 10.3. The molecule has 0 saturated heterocycles. The Balaban J connectivity index is 1.99. The number of carbonyl (C=O) groups is 2. The van der Waals surface area contributed by atoms with Crippen LogP contribution in [-0.2, 0) is 16.0 Å². The average Bonchev–Trinajstić information content (AvgIpc) is 2.67. The van der Waals surface area contributed by atoms with E-state index in [4.69, 9.17) is 14.6 Å². The van der Waals surface area contributed by atoms with E-state index in [1.54, 1.807) is 18.2 Å². The van der Waals surface area contributed by atoms with Crippen LogP contribution in [0.5, 0.6) is 5.75 Å². The van der Waals surface area contributed by atoms with Crippen LogP contribution >= 0.6 is 0 Å². The molecule has 1 aliphatic rings. The van der Waals surface area contributed by atoms with Crippen LogP contribution in [0.1, 0.15) is 22.8 Å². The summed E-state index contributed by atoms with van der Waals surface area (Å²) in [6.07, 6.45) is 0.917. The van der Waals surface area contributed by atoms with E-state index in [-0.39, 0.29) is 18.5 Å². The highest BCUT2D eigenvalue weighted by atomic mass is 16.5. The van der Waals surface area contributed by atoms with E-state index >= 15 is 0 Å². The van der Waals surface area contributed by atoms with Crippen molar-refractivity contribution in [3.63, 3.8) is 0 Å². The molecule has 0 aliphatic carbocycles. The van der Waals surface area contributed by atoms with Gasteiger partial charge >= 0.3 is 5.97 Å². The van der Waals surface area contributed by atoms with Gasteiger partial charge in [0.1, 0.15) is 25.1 Å². The molecule has 0 bridgehead atoms. The number of ether oxygens (including phenoxy) is 2. The Labute approximate surface area is 104 Å². The third-order valence-corrected chi connectivity index (χ3v) is 2.68. The number of aliphatic carboxylic acids is 1. The molecule has 5 nitrogen and oxygen atoms in total. The van der Waals surface area contributed by atoms with E-state index in [1.165, 1.54) is 0 Å². The zero-order chi connectivity index (χ0) is 13.1. The number of ketones is 1. The van der Waals surface area contributed by atoms with Crippen molar-refractivity contribution in [2.24, 2.45) is 0 Å². The summed E-state index contributed by atoms with van der Waals surface area (Å²) in [5, 5.41) is 8.40. The van der Waals surface area contributed by atoms with E-state index in [0.29, 0.717) is 5.56 Å². The number of rotatable bonds is 5. The van der Waals surface area contributed by atoms with Crippen molar-refractivity contribution in [2.45, 2.75) is 19.4 Å². The van der Waals surface area contributed by atoms with Crippen molar-refractivity contribution in [2.75, 3.05) is 13.2 Å². The van der Waals surface area contributed by atoms with Gasteiger partial charge in [-0.05, 0) is 30.7 Å². The van der Waals surface area contributed by atoms with Gasteiger partial charge in [0, 0.05) is 12.0 Å². The molecule has 1 heterocycles. The molecule has 1 aliphatic heterocycles. The first-order valence-electron chi connectivity index (χ1n) is 5.68. The Morgan fingerprint density at radius 1 is 1.44 bits per heavy atom. The number of carbonyl (C=O) groups excluding carboxylic acids is 1. The minimum atomic E-state index is -1.08. The van der Waals surface area contributed by atoms with Crippen LogP contribution in [-0.4, -0.2) is 36.2 Å². The van der Waals surface area contributed by atoms with Crippen molar-refractivity contribution in [3.8, 4) is 5.75 Å². The molecule has 1 N–H and O–H groups in total. The van der Waals surface area contributed by atoms with Crippen LogP contribution in [0.2, 0.25) is 0 Å². The molecule has 96 valence electrons. The topological polar surface area (TPSA) is 72.8 Å². The number of fused-ring (bicyclic) bond motifs is 1. The molecule has 1 atom stereocenters. The van der Waals surface area contributed by atoms with E-state index < -0.39 is 12.6 Å². The molecule has 2 rings (SSSR count). The van der Waals surface area contributed by atoms with Gasteiger partial charge in [-0.25, -0.2) is 4.79 Å². The Kier molecular flexibility index (Phi) is 3.62. The first-order valence-corrected chi connectivity index (χ1v) is 5.68. The second-order valence-electron chi connectivity index (χ2n) is 4.26. The molecule has 1 unspecified atom stereocenters. The lowest BCUT2D eigenvalue weighted by atomic mass is 10.0. The molecule has 0 aromatic heterocycles. The molecular weight excluding hydrogens is 236 g/mol. The maximum Gasteiger partial charge on any atom is 0.329 e. The lowest BCUT2D eigenvalue weighted by Gasteiger charge is -2.04. The van der Waals surface area contributed by atoms with E-state index in [0.717, 1.165) is 17.7 Å². The maximum absolute atomic E-state index is 11.7. The molecule has 18 heavy (non-hydrogen) atoms. The SMILES string of the molecule is CC1Cc2cc(C(=O)COCC(=O)O)ccc2O1. The highest BCUT2D eigenvalue weighted by Gasteiger charge is 2.20. The van der Waals surface area contributed by atoms with E-state index in [1.807, 2.05) is 6.92 Å². The fourth-order valence-electron chi connectivity index (χ4n) is 1.91. The minimum Gasteiger partial charge on any atom is -0.490 e. The van der Waals surface area contributed by atoms with E-state index in [9.17, 15) is 9.59 Å². The standard InChI is InChI=1S/C13H14O5/c1-8-4-10-5-9(2-3-12(10)18-8)11(14)6-17-7-13(15)16/h2-3,5,8H,4,6-7H2,1H3,(H,15,16). The fraction of sp³-hybridized carbons (Fsp3) is 0.385. The summed E-state index contributed by atoms with van der Waals surface area (Å²) in [6.45, 7) is 1.29. The molecule has 1 aromatic carbocycles. The van der Waals surface area contributed by atoms with Gasteiger partial charge in [-0.15, -0.1) is 0 Å². The monoisotopic (exact) mass is 250 g/mol. The zero-order valence-electron chi connectivity index (χ0n) is 10.0. The first kappa shape index (κ1) is 12.6. The summed E-state index contributed by atoms with van der Waals surface area (Å²) in [5.41, 5.74) is 1.53. The number of benzene rings is 1. The molecule has 0 saturated carbocycles. The molecule has 0 radical (unpaired) electrons. The summed E-state index contributed by atoms with van der Waals surface area (Å²) in [5.74, 6) is -0.497. The lowest BCUT2D eigenvalue weighted by Crippen LogP contribution is -2.14. The molecule has 0 spiro atoms. The number of Topliss-reactive ketones (excluding diaryl/α,β-unsaturated/α-hetero) is 1. The van der Waals surface area contributed by atoms with Crippen LogP contribution in [0, 0.1) is 0 Å². The second-order valence-corrected chi connectivity index (χ2v) is 4.26. The maximum atomic E-state index is 11.7. The van der Waals surface area contributed by atoms with Crippen molar-refractivity contribution in [1.29, 1.82) is 0 Å². The summed E-state index contributed by atoms with van der Waals surface area (Å²) in [4.78, 5) is 22.0. The van der Waals surface area contributed by atoms with Crippen molar-refractivity contribution in [1.82, 2.24) is 0 Å². The van der Waals surface area contributed by atoms with Gasteiger partial charge in [0.2, 0.25) is 0 Å². The fourth-order valence-corrected chi connectivity index (χ4v) is 1.91. The van der Waals surface area contributed by atoms with Crippen LogP contribution in [0.3, 0.4) is 0 Å². The Bertz CT molecular complexity index is 480. The molecule has 0 amide bonds. The van der Waals surface area contributed by atoms with Crippen molar-refractivity contribution < 1.29 is 24.2 Å². The first-order chi connectivity index (χ1) is 8.56. The van der Waals surface area contributed by atoms with Crippen molar-refractivity contribution >= 4 is 11.8 Å². The van der Waals surface area contributed by atoms with Crippen molar-refractivity contribution in [3.05, 3.63) is 29.3 Å². The largest absolute Gasteiger partial charge is 0.490 e. The normalized spacial score (nSPS) is 17.1. The Morgan fingerprint density at radius 2 is 2.22 bits per heavy atom. The average molecular weight is 250 g/mol. The number of hydrogen-bond acceptors (Lipinski definition) is 4. The quantitative estimate of drug-likeness (QED) is 0.797. The Hall–Kier alpha value is -1.88. The predicted octanol–water partition coefficient (Wildman–Crippen LogP) is 1.29. The predicted molar refractivity (Wildman–Crippen MR) is 63.0 cm³/mol. The number of carboxylic acids is 1. The molecule has 1 aromatic rings. The third kappa shape index (κ3) is 2.87. The highest BCUT2D eigenvalue weighted by molar-refractivity contribution is 5.97. The molecular formula is C13H14O5. The van der Waals surface area contributed by atoms with Gasteiger partial charge in [-0.2, -0.15) is 0 Å². The second kappa shape index (κ2) is 5.18. The van der Waals surface area contributed by atoms with Crippen LogP contribution in [0.25, 0.3) is 0 Å². The van der Waals surface area contributed by atoms with Gasteiger partial charge in [-0.1, -0.05) is 0 Å².